The van der Waals surface area contributed by atoms with Crippen LogP contribution in [0.2, 0.25) is 0 Å². The van der Waals surface area contributed by atoms with E-state index in [1.165, 1.54) is 50.6 Å². The molecule has 3 fully saturated rings. The van der Waals surface area contributed by atoms with Crippen molar-refractivity contribution in [1.82, 2.24) is 0 Å². The van der Waals surface area contributed by atoms with E-state index >= 15 is 0 Å². The first-order chi connectivity index (χ1) is 32.2. The lowest BCUT2D eigenvalue weighted by atomic mass is 9.94. The van der Waals surface area contributed by atoms with Crippen molar-refractivity contribution in [3.05, 3.63) is 144 Å². The molecule has 7 rings (SSSR count). The highest BCUT2D eigenvalue weighted by Gasteiger charge is 2.60. The summed E-state index contributed by atoms with van der Waals surface area (Å²) < 4.78 is 86.7. The molecule has 0 unspecified atom stereocenters. The van der Waals surface area contributed by atoms with Crippen molar-refractivity contribution in [2.24, 2.45) is 0 Å². The van der Waals surface area contributed by atoms with Gasteiger partial charge in [0.05, 0.1) is 34.5 Å². The summed E-state index contributed by atoms with van der Waals surface area (Å²) in [4.78, 5) is 67.9. The molecule has 356 valence electrons. The van der Waals surface area contributed by atoms with Gasteiger partial charge in [0.25, 0.3) is 0 Å². The Morgan fingerprint density at radius 3 is 1.42 bits per heavy atom. The summed E-state index contributed by atoms with van der Waals surface area (Å²) in [7, 11) is -1.35. The van der Waals surface area contributed by atoms with E-state index in [1.54, 1.807) is 98.8 Å². The van der Waals surface area contributed by atoms with Gasteiger partial charge in [-0.05, 0) is 62.4 Å². The number of carbonyl (C=O) groups excluding carboxylic acids is 5. The van der Waals surface area contributed by atoms with Crippen LogP contribution in [0.15, 0.2) is 121 Å². The lowest BCUT2D eigenvalue weighted by Crippen LogP contribution is -2.66. The van der Waals surface area contributed by atoms with Gasteiger partial charge in [-0.15, -0.1) is 0 Å². The molecule has 0 N–H and O–H groups in total. The quantitative estimate of drug-likeness (QED) is 0.0678. The Bertz CT molecular complexity index is 2360. The summed E-state index contributed by atoms with van der Waals surface area (Å²) in [5.74, 6) is -5.48. The predicted molar refractivity (Wildman–Crippen MR) is 233 cm³/mol. The average molecular weight is 947 g/mol. The molecule has 0 aliphatic carbocycles. The van der Waals surface area contributed by atoms with Gasteiger partial charge in [0.15, 0.2) is 30.4 Å². The second-order valence-electron chi connectivity index (χ2n) is 16.1. The van der Waals surface area contributed by atoms with Gasteiger partial charge in [-0.1, -0.05) is 72.8 Å². The molecule has 3 aliphatic heterocycles. The van der Waals surface area contributed by atoms with Crippen molar-refractivity contribution in [1.29, 1.82) is 0 Å². The molecule has 4 aromatic rings. The van der Waals surface area contributed by atoms with Crippen LogP contribution < -0.4 is 0 Å². The van der Waals surface area contributed by atoms with Gasteiger partial charge in [0.1, 0.15) is 43.7 Å². The molecule has 0 aromatic heterocycles. The molecular formula is C48H51O18P. The molecule has 3 heterocycles. The van der Waals surface area contributed by atoms with Crippen LogP contribution in [0.25, 0.3) is 0 Å². The van der Waals surface area contributed by atoms with E-state index in [1.807, 2.05) is 0 Å². The maximum absolute atomic E-state index is 14.1. The molecule has 67 heavy (non-hydrogen) atoms. The minimum atomic E-state index is -3.80. The zero-order valence-corrected chi connectivity index (χ0v) is 38.1. The van der Waals surface area contributed by atoms with Crippen LogP contribution in [-0.4, -0.2) is 130 Å². The summed E-state index contributed by atoms with van der Waals surface area (Å²) in [6, 6.07) is 31.9. The average Bonchev–Trinajstić information content (AvgIpc) is 3.68. The SMILES string of the molecule is COP(=O)(C[C@H]1O[C@H](COC(=O)c2ccccc2)[C@@H](O[C@@H]2O[C@H](COC(C)=O)[C@H](OC(=O)c3ccccc3)[C@H](OC(=O)c3ccccc3)[C@H]2OC(=O)c2ccccc2)[C@@H]2OC(C)(C)O[C@@H]21)OC. The molecule has 10 atom stereocenters. The van der Waals surface area contributed by atoms with Crippen LogP contribution >= 0.6 is 7.60 Å². The van der Waals surface area contributed by atoms with Crippen molar-refractivity contribution in [3.63, 3.8) is 0 Å². The molecule has 19 heteroatoms. The minimum absolute atomic E-state index is 0.0823. The van der Waals surface area contributed by atoms with E-state index < -0.39 is 118 Å². The highest BCUT2D eigenvalue weighted by atomic mass is 31.2. The van der Waals surface area contributed by atoms with Gasteiger partial charge < -0.3 is 56.4 Å². The smallest absolute Gasteiger partial charge is 0.338 e. The van der Waals surface area contributed by atoms with Crippen LogP contribution in [0.5, 0.6) is 0 Å². The van der Waals surface area contributed by atoms with Gasteiger partial charge >= 0.3 is 37.4 Å². The molecule has 0 amide bonds. The van der Waals surface area contributed by atoms with Crippen molar-refractivity contribution in [2.75, 3.05) is 33.6 Å². The van der Waals surface area contributed by atoms with E-state index in [4.69, 9.17) is 56.4 Å². The standard InChI is InChI=1S/C48H51O18P/c1-29(49)57-26-35-37(61-44(51)31-20-12-7-13-21-31)40(62-45(52)32-22-14-8-15-23-32)42(63-46(53)33-24-16-9-17-25-33)47(60-35)64-38-34(27-58-43(50)30-18-10-6-11-19-30)59-36(28-67(54,55-4)56-5)39-41(38)66-48(2,3)65-39/h6-25,34-42,47H,26-28H2,1-5H3/t34-,35-,36-,37+,38-,39-,40+,41+,42-,47+/m1/s1. The predicted octanol–water partition coefficient (Wildman–Crippen LogP) is 5.97. The van der Waals surface area contributed by atoms with E-state index in [-0.39, 0.29) is 28.4 Å². The Kier molecular flexibility index (Phi) is 16.0. The third kappa shape index (κ3) is 12.2. The fourth-order valence-corrected chi connectivity index (χ4v) is 9.01. The van der Waals surface area contributed by atoms with Crippen LogP contribution in [0.4, 0.5) is 0 Å². The van der Waals surface area contributed by atoms with Gasteiger partial charge in [-0.2, -0.15) is 0 Å². The number of esters is 5. The lowest BCUT2D eigenvalue weighted by molar-refractivity contribution is -0.333. The summed E-state index contributed by atoms with van der Waals surface area (Å²) in [5.41, 5.74) is 0.505. The van der Waals surface area contributed by atoms with Crippen molar-refractivity contribution in [2.45, 2.75) is 87.8 Å². The minimum Gasteiger partial charge on any atom is -0.463 e. The highest BCUT2D eigenvalue weighted by molar-refractivity contribution is 7.53. The van der Waals surface area contributed by atoms with E-state index in [0.717, 1.165) is 6.92 Å². The zero-order valence-electron chi connectivity index (χ0n) is 37.2. The number of hydrogen-bond acceptors (Lipinski definition) is 18. The summed E-state index contributed by atoms with van der Waals surface area (Å²) >= 11 is 0. The molecule has 4 aromatic carbocycles. The van der Waals surface area contributed by atoms with Gasteiger partial charge in [0.2, 0.25) is 0 Å². The highest BCUT2D eigenvalue weighted by Crippen LogP contribution is 2.51. The maximum Gasteiger partial charge on any atom is 0.338 e. The molecule has 0 saturated carbocycles. The van der Waals surface area contributed by atoms with Crippen LogP contribution in [0.1, 0.15) is 62.2 Å². The number of ether oxygens (including phenoxy) is 10. The van der Waals surface area contributed by atoms with Crippen LogP contribution in [-0.2, 0) is 65.8 Å². The lowest BCUT2D eigenvalue weighted by Gasteiger charge is -2.48. The van der Waals surface area contributed by atoms with Crippen molar-refractivity contribution in [3.8, 4) is 0 Å². The Morgan fingerprint density at radius 1 is 0.522 bits per heavy atom. The zero-order chi connectivity index (χ0) is 47.7. The molecule has 3 saturated heterocycles. The molecule has 0 bridgehead atoms. The maximum atomic E-state index is 14.1. The largest absolute Gasteiger partial charge is 0.463 e. The molecule has 18 nitrogen and oxygen atoms in total. The third-order valence-electron chi connectivity index (χ3n) is 11.0. The first kappa shape index (κ1) is 49.1. The fourth-order valence-electron chi connectivity index (χ4n) is 7.83. The van der Waals surface area contributed by atoms with Crippen molar-refractivity contribution < 1.29 is 85.0 Å². The number of benzene rings is 4. The first-order valence-corrected chi connectivity index (χ1v) is 23.1. The second-order valence-corrected chi connectivity index (χ2v) is 18.4. The van der Waals surface area contributed by atoms with E-state index in [0.29, 0.717) is 0 Å². The molecule has 0 radical (unpaired) electrons. The Morgan fingerprint density at radius 2 is 0.940 bits per heavy atom. The molecule has 3 aliphatic rings. The molecular weight excluding hydrogens is 895 g/mol. The van der Waals surface area contributed by atoms with Crippen molar-refractivity contribution >= 4 is 37.4 Å². The van der Waals surface area contributed by atoms with Gasteiger partial charge in [-0.25, -0.2) is 19.2 Å². The number of rotatable bonds is 17. The van der Waals surface area contributed by atoms with Crippen LogP contribution in [0.3, 0.4) is 0 Å². The summed E-state index contributed by atoms with van der Waals surface area (Å²) in [6.45, 7) is 3.36. The normalized spacial score (nSPS) is 26.6. The number of hydrogen-bond donors (Lipinski definition) is 0. The third-order valence-corrected chi connectivity index (χ3v) is 12.9. The van der Waals surface area contributed by atoms with Gasteiger partial charge in [-0.3, -0.25) is 9.36 Å². The first-order valence-electron chi connectivity index (χ1n) is 21.3. The van der Waals surface area contributed by atoms with E-state index in [2.05, 4.69) is 0 Å². The summed E-state index contributed by atoms with van der Waals surface area (Å²) in [5, 5.41) is 0. The van der Waals surface area contributed by atoms with Crippen LogP contribution in [0, 0.1) is 0 Å². The number of fused-ring (bicyclic) bond motifs is 1. The molecule has 0 spiro atoms. The van der Waals surface area contributed by atoms with E-state index in [9.17, 15) is 28.5 Å². The summed E-state index contributed by atoms with van der Waals surface area (Å²) in [6.07, 6.45) is -14.6. The second kappa shape index (κ2) is 21.9. The fraction of sp³-hybridized carbons (Fsp3) is 0.396. The Labute approximate surface area is 386 Å². The van der Waals surface area contributed by atoms with Gasteiger partial charge in [0, 0.05) is 21.1 Å². The Hall–Kier alpha value is -5.82. The Balaban J connectivity index is 1.33. The number of carbonyl (C=O) groups is 5. The topological polar surface area (TPSA) is 213 Å². The monoisotopic (exact) mass is 946 g/mol.